The van der Waals surface area contributed by atoms with Crippen LogP contribution >= 0.6 is 11.3 Å². The van der Waals surface area contributed by atoms with Crippen molar-refractivity contribution in [3.63, 3.8) is 0 Å². The van der Waals surface area contributed by atoms with E-state index >= 15 is 0 Å². The SMILES string of the molecule is Cc1cscc1CNc1cc(N)nc(C2CC2)n1. The number of nitrogens with zero attached hydrogens (tertiary/aromatic N) is 2. The van der Waals surface area contributed by atoms with Crippen LogP contribution in [-0.2, 0) is 6.54 Å². The molecule has 0 amide bonds. The van der Waals surface area contributed by atoms with E-state index in [9.17, 15) is 0 Å². The van der Waals surface area contributed by atoms with Crippen LogP contribution in [0.3, 0.4) is 0 Å². The summed E-state index contributed by atoms with van der Waals surface area (Å²) in [5, 5.41) is 7.64. The number of rotatable bonds is 4. The summed E-state index contributed by atoms with van der Waals surface area (Å²) in [5.41, 5.74) is 8.44. The molecule has 0 unspecified atom stereocenters. The predicted octanol–water partition coefficient (Wildman–Crippen LogP) is 2.92. The van der Waals surface area contributed by atoms with E-state index in [1.165, 1.54) is 24.0 Å². The van der Waals surface area contributed by atoms with Gasteiger partial charge in [0.1, 0.15) is 17.5 Å². The number of hydrogen-bond donors (Lipinski definition) is 2. The van der Waals surface area contributed by atoms with Crippen molar-refractivity contribution < 1.29 is 0 Å². The summed E-state index contributed by atoms with van der Waals surface area (Å²) < 4.78 is 0. The van der Waals surface area contributed by atoms with Crippen LogP contribution in [0.4, 0.5) is 11.6 Å². The van der Waals surface area contributed by atoms with E-state index in [1.54, 1.807) is 17.4 Å². The van der Waals surface area contributed by atoms with Gasteiger partial charge in [-0.3, -0.25) is 0 Å². The van der Waals surface area contributed by atoms with E-state index in [-0.39, 0.29) is 0 Å². The third-order valence-electron chi connectivity index (χ3n) is 3.13. The molecule has 1 aliphatic rings. The van der Waals surface area contributed by atoms with Gasteiger partial charge in [-0.2, -0.15) is 11.3 Å². The Bertz CT molecular complexity index is 560. The number of aromatic nitrogens is 2. The Hall–Kier alpha value is -1.62. The quantitative estimate of drug-likeness (QED) is 0.887. The molecule has 2 heterocycles. The lowest BCUT2D eigenvalue weighted by atomic mass is 10.2. The highest BCUT2D eigenvalue weighted by Gasteiger charge is 2.27. The molecule has 0 aromatic carbocycles. The van der Waals surface area contributed by atoms with Gasteiger partial charge in [-0.25, -0.2) is 9.97 Å². The van der Waals surface area contributed by atoms with Gasteiger partial charge in [0.2, 0.25) is 0 Å². The Kier molecular flexibility index (Phi) is 2.91. The maximum Gasteiger partial charge on any atom is 0.136 e. The minimum atomic E-state index is 0.525. The fourth-order valence-electron chi connectivity index (χ4n) is 1.85. The van der Waals surface area contributed by atoms with Gasteiger partial charge in [0, 0.05) is 18.5 Å². The van der Waals surface area contributed by atoms with Crippen LogP contribution in [0.25, 0.3) is 0 Å². The molecule has 5 heteroatoms. The number of nitrogens with two attached hydrogens (primary N) is 1. The fraction of sp³-hybridized carbons (Fsp3) is 0.385. The van der Waals surface area contributed by atoms with Gasteiger partial charge in [-0.1, -0.05) is 0 Å². The van der Waals surface area contributed by atoms with E-state index in [1.807, 2.05) is 0 Å². The first-order valence-corrected chi connectivity index (χ1v) is 7.06. The van der Waals surface area contributed by atoms with Crippen molar-refractivity contribution in [2.75, 3.05) is 11.1 Å². The Balaban J connectivity index is 1.74. The van der Waals surface area contributed by atoms with Crippen molar-refractivity contribution in [1.82, 2.24) is 9.97 Å². The van der Waals surface area contributed by atoms with Crippen LogP contribution in [0, 0.1) is 6.92 Å². The lowest BCUT2D eigenvalue weighted by molar-refractivity contribution is 0.926. The molecule has 0 aliphatic heterocycles. The molecule has 0 radical (unpaired) electrons. The van der Waals surface area contributed by atoms with Crippen molar-refractivity contribution in [2.45, 2.75) is 32.2 Å². The second-order valence-electron chi connectivity index (χ2n) is 4.74. The van der Waals surface area contributed by atoms with E-state index in [4.69, 9.17) is 5.73 Å². The molecule has 18 heavy (non-hydrogen) atoms. The molecule has 3 rings (SSSR count). The van der Waals surface area contributed by atoms with Crippen LogP contribution in [0.15, 0.2) is 16.8 Å². The summed E-state index contributed by atoms with van der Waals surface area (Å²) in [7, 11) is 0. The molecule has 0 saturated heterocycles. The lowest BCUT2D eigenvalue weighted by Crippen LogP contribution is -2.06. The third kappa shape index (κ3) is 2.46. The standard InChI is InChI=1S/C13H16N4S/c1-8-6-18-7-10(8)5-15-12-4-11(14)16-13(17-12)9-2-3-9/h4,6-7,9H,2-3,5H2,1H3,(H3,14,15,16,17). The van der Waals surface area contributed by atoms with Crippen molar-refractivity contribution in [1.29, 1.82) is 0 Å². The number of hydrogen-bond acceptors (Lipinski definition) is 5. The Morgan fingerprint density at radius 3 is 2.89 bits per heavy atom. The van der Waals surface area contributed by atoms with Gasteiger partial charge in [0.15, 0.2) is 0 Å². The van der Waals surface area contributed by atoms with Crippen molar-refractivity contribution in [2.24, 2.45) is 0 Å². The molecule has 2 aromatic heterocycles. The zero-order chi connectivity index (χ0) is 12.5. The molecule has 4 nitrogen and oxygen atoms in total. The first-order valence-electron chi connectivity index (χ1n) is 6.12. The van der Waals surface area contributed by atoms with Crippen molar-refractivity contribution in [3.8, 4) is 0 Å². The number of nitrogen functional groups attached to an aromatic ring is 1. The molecule has 94 valence electrons. The molecule has 1 aliphatic carbocycles. The smallest absolute Gasteiger partial charge is 0.136 e. The average molecular weight is 260 g/mol. The van der Waals surface area contributed by atoms with Crippen LogP contribution in [0.1, 0.15) is 35.7 Å². The first kappa shape index (κ1) is 11.5. The van der Waals surface area contributed by atoms with Crippen LogP contribution in [-0.4, -0.2) is 9.97 Å². The minimum Gasteiger partial charge on any atom is -0.384 e. The predicted molar refractivity (Wildman–Crippen MR) is 74.8 cm³/mol. The maximum absolute atomic E-state index is 5.81. The number of thiophene rings is 1. The molecule has 0 spiro atoms. The van der Waals surface area contributed by atoms with E-state index in [2.05, 4.69) is 33.0 Å². The molecule has 2 aromatic rings. The van der Waals surface area contributed by atoms with E-state index < -0.39 is 0 Å². The van der Waals surface area contributed by atoms with E-state index in [0.29, 0.717) is 11.7 Å². The molecular formula is C13H16N4S. The average Bonchev–Trinajstić information content (AvgIpc) is 3.11. The summed E-state index contributed by atoms with van der Waals surface area (Å²) in [5.74, 6) is 2.79. The molecule has 3 N–H and O–H groups in total. The summed E-state index contributed by atoms with van der Waals surface area (Å²) in [6.07, 6.45) is 2.37. The normalized spacial score (nSPS) is 14.7. The van der Waals surface area contributed by atoms with Gasteiger partial charge in [0.25, 0.3) is 0 Å². The maximum atomic E-state index is 5.81. The number of aryl methyl sites for hydroxylation is 1. The zero-order valence-corrected chi connectivity index (χ0v) is 11.1. The third-order valence-corrected chi connectivity index (χ3v) is 4.04. The second-order valence-corrected chi connectivity index (χ2v) is 5.49. The molecule has 1 saturated carbocycles. The number of nitrogens with one attached hydrogen (secondary N) is 1. The summed E-state index contributed by atoms with van der Waals surface area (Å²) >= 11 is 1.73. The largest absolute Gasteiger partial charge is 0.384 e. The lowest BCUT2D eigenvalue weighted by Gasteiger charge is -2.08. The monoisotopic (exact) mass is 260 g/mol. The van der Waals surface area contributed by atoms with Crippen LogP contribution < -0.4 is 11.1 Å². The highest BCUT2D eigenvalue weighted by Crippen LogP contribution is 2.38. The molecule has 0 bridgehead atoms. The first-order chi connectivity index (χ1) is 8.72. The summed E-state index contributed by atoms with van der Waals surface area (Å²) in [6, 6.07) is 1.80. The van der Waals surface area contributed by atoms with Gasteiger partial charge in [0.05, 0.1) is 0 Å². The van der Waals surface area contributed by atoms with Gasteiger partial charge >= 0.3 is 0 Å². The Morgan fingerprint density at radius 2 is 2.22 bits per heavy atom. The zero-order valence-electron chi connectivity index (χ0n) is 10.3. The summed E-state index contributed by atoms with van der Waals surface area (Å²) in [4.78, 5) is 8.81. The van der Waals surface area contributed by atoms with Crippen LogP contribution in [0.2, 0.25) is 0 Å². The van der Waals surface area contributed by atoms with Gasteiger partial charge < -0.3 is 11.1 Å². The fourth-order valence-corrected chi connectivity index (χ4v) is 2.71. The number of anilines is 2. The molecule has 0 atom stereocenters. The van der Waals surface area contributed by atoms with Crippen molar-refractivity contribution in [3.05, 3.63) is 33.8 Å². The second kappa shape index (κ2) is 4.57. The Labute approximate surface area is 110 Å². The van der Waals surface area contributed by atoms with Crippen LogP contribution in [0.5, 0.6) is 0 Å². The highest BCUT2D eigenvalue weighted by atomic mass is 32.1. The summed E-state index contributed by atoms with van der Waals surface area (Å²) in [6.45, 7) is 2.91. The highest BCUT2D eigenvalue weighted by molar-refractivity contribution is 7.08. The van der Waals surface area contributed by atoms with Gasteiger partial charge in [-0.15, -0.1) is 0 Å². The molecular weight excluding hydrogens is 244 g/mol. The van der Waals surface area contributed by atoms with Crippen molar-refractivity contribution >= 4 is 23.0 Å². The van der Waals surface area contributed by atoms with Gasteiger partial charge in [-0.05, 0) is 41.7 Å². The molecule has 1 fully saturated rings. The minimum absolute atomic E-state index is 0.525. The van der Waals surface area contributed by atoms with E-state index in [0.717, 1.165) is 18.2 Å². The Morgan fingerprint density at radius 1 is 1.39 bits per heavy atom. The topological polar surface area (TPSA) is 63.8 Å².